The Morgan fingerprint density at radius 3 is 2.41 bits per heavy atom. The molecular weight excluding hydrogens is 464 g/mol. The summed E-state index contributed by atoms with van der Waals surface area (Å²) in [5.41, 5.74) is 6.85. The van der Waals surface area contributed by atoms with Gasteiger partial charge in [0, 0.05) is 61.9 Å². The molecule has 1 aliphatic rings. The Bertz CT molecular complexity index is 1400. The summed E-state index contributed by atoms with van der Waals surface area (Å²) in [6.07, 6.45) is 3.22. The molecule has 37 heavy (non-hydrogen) atoms. The van der Waals surface area contributed by atoms with E-state index in [1.54, 1.807) is 13.3 Å². The molecule has 192 valence electrons. The summed E-state index contributed by atoms with van der Waals surface area (Å²) in [5.74, 6) is 0. The number of rotatable bonds is 4. The van der Waals surface area contributed by atoms with Crippen molar-refractivity contribution in [2.75, 3.05) is 50.1 Å². The van der Waals surface area contributed by atoms with E-state index in [1.807, 2.05) is 57.3 Å². The zero-order valence-electron chi connectivity index (χ0n) is 22.2. The number of ether oxygens (including phenoxy) is 1. The normalized spacial score (nSPS) is 14.7. The number of carbonyl (C=O) groups excluding carboxylic acids is 1. The van der Waals surface area contributed by atoms with Crippen molar-refractivity contribution in [3.63, 3.8) is 0 Å². The minimum absolute atomic E-state index is 0.400. The SMILES string of the molecule is CN1CCN(c2ccc(-c3cnc4c(-c5cccc(N(C)C(=O)OC(C)(C)C)c5)coc4c3)cc2)CC1. The molecule has 0 radical (unpaired) electrons. The standard InChI is InChI=1S/C30H34N4O3/c1-30(2,3)37-29(35)33(5)25-8-6-7-22(17-25)26-20-36-27-18-23(19-31-28(26)27)21-9-11-24(12-10-21)34-15-13-32(4)14-16-34/h6-12,17-20H,13-16H2,1-5H3. The molecule has 4 aromatic rings. The fraction of sp³-hybridized carbons (Fsp3) is 0.333. The van der Waals surface area contributed by atoms with Crippen LogP contribution in [0.3, 0.4) is 0 Å². The third kappa shape index (κ3) is 5.47. The lowest BCUT2D eigenvalue weighted by atomic mass is 10.0. The fourth-order valence-corrected chi connectivity index (χ4v) is 4.52. The van der Waals surface area contributed by atoms with Crippen LogP contribution >= 0.6 is 0 Å². The van der Waals surface area contributed by atoms with Crippen molar-refractivity contribution in [1.29, 1.82) is 0 Å². The van der Waals surface area contributed by atoms with Crippen LogP contribution in [0.25, 0.3) is 33.4 Å². The van der Waals surface area contributed by atoms with Gasteiger partial charge in [-0.3, -0.25) is 9.88 Å². The van der Waals surface area contributed by atoms with Gasteiger partial charge in [0.2, 0.25) is 0 Å². The number of benzene rings is 2. The number of aromatic nitrogens is 1. The van der Waals surface area contributed by atoms with Crippen LogP contribution in [-0.2, 0) is 4.74 Å². The Labute approximate surface area is 218 Å². The average Bonchev–Trinajstić information content (AvgIpc) is 3.31. The van der Waals surface area contributed by atoms with Gasteiger partial charge in [-0.2, -0.15) is 0 Å². The molecule has 2 aromatic heterocycles. The van der Waals surface area contributed by atoms with Gasteiger partial charge in [0.1, 0.15) is 17.4 Å². The van der Waals surface area contributed by atoms with Crippen LogP contribution in [0.2, 0.25) is 0 Å². The van der Waals surface area contributed by atoms with Gasteiger partial charge in [-0.15, -0.1) is 0 Å². The van der Waals surface area contributed by atoms with Gasteiger partial charge in [-0.05, 0) is 69.3 Å². The van der Waals surface area contributed by atoms with E-state index >= 15 is 0 Å². The van der Waals surface area contributed by atoms with Crippen molar-refractivity contribution >= 4 is 28.6 Å². The summed E-state index contributed by atoms with van der Waals surface area (Å²) in [6, 6.07) is 18.4. The number of furan rings is 1. The highest BCUT2D eigenvalue weighted by Gasteiger charge is 2.21. The van der Waals surface area contributed by atoms with Gasteiger partial charge in [-0.1, -0.05) is 24.3 Å². The zero-order chi connectivity index (χ0) is 26.2. The predicted molar refractivity (Wildman–Crippen MR) is 149 cm³/mol. The third-order valence-electron chi connectivity index (χ3n) is 6.69. The number of pyridine rings is 1. The molecule has 7 heteroatoms. The minimum atomic E-state index is -0.559. The summed E-state index contributed by atoms with van der Waals surface area (Å²) in [6.45, 7) is 9.84. The minimum Gasteiger partial charge on any atom is -0.462 e. The maximum Gasteiger partial charge on any atom is 0.414 e. The highest BCUT2D eigenvalue weighted by Crippen LogP contribution is 2.34. The van der Waals surface area contributed by atoms with E-state index in [0.29, 0.717) is 0 Å². The van der Waals surface area contributed by atoms with Crippen molar-refractivity contribution in [2.45, 2.75) is 26.4 Å². The van der Waals surface area contributed by atoms with Crippen molar-refractivity contribution in [1.82, 2.24) is 9.88 Å². The van der Waals surface area contributed by atoms with Crippen LogP contribution in [-0.4, -0.2) is 61.9 Å². The van der Waals surface area contributed by atoms with E-state index in [-0.39, 0.29) is 0 Å². The summed E-state index contributed by atoms with van der Waals surface area (Å²) < 4.78 is 11.4. The topological polar surface area (TPSA) is 62.0 Å². The number of hydrogen-bond acceptors (Lipinski definition) is 6. The fourth-order valence-electron chi connectivity index (χ4n) is 4.52. The van der Waals surface area contributed by atoms with Crippen LogP contribution < -0.4 is 9.80 Å². The molecule has 7 nitrogen and oxygen atoms in total. The number of carbonyl (C=O) groups is 1. The monoisotopic (exact) mass is 498 g/mol. The van der Waals surface area contributed by atoms with Gasteiger partial charge >= 0.3 is 6.09 Å². The molecule has 5 rings (SSSR count). The Hall–Kier alpha value is -3.84. The Morgan fingerprint density at radius 2 is 1.70 bits per heavy atom. The van der Waals surface area contributed by atoms with E-state index in [9.17, 15) is 4.79 Å². The Balaban J connectivity index is 1.37. The highest BCUT2D eigenvalue weighted by atomic mass is 16.6. The first-order chi connectivity index (χ1) is 17.7. The summed E-state index contributed by atoms with van der Waals surface area (Å²) >= 11 is 0. The second kappa shape index (κ2) is 9.90. The lowest BCUT2D eigenvalue weighted by Gasteiger charge is -2.34. The second-order valence-corrected chi connectivity index (χ2v) is 10.6. The van der Waals surface area contributed by atoms with E-state index < -0.39 is 11.7 Å². The quantitative estimate of drug-likeness (QED) is 0.330. The lowest BCUT2D eigenvalue weighted by molar-refractivity contribution is 0.0589. The van der Waals surface area contributed by atoms with Crippen molar-refractivity contribution < 1.29 is 13.9 Å². The first kappa shape index (κ1) is 24.8. The van der Waals surface area contributed by atoms with Crippen molar-refractivity contribution in [3.8, 4) is 22.3 Å². The van der Waals surface area contributed by atoms with Gasteiger partial charge in [-0.25, -0.2) is 4.79 Å². The predicted octanol–water partition coefficient (Wildman–Crippen LogP) is 6.28. The van der Waals surface area contributed by atoms with Crippen molar-refractivity contribution in [2.24, 2.45) is 0 Å². The van der Waals surface area contributed by atoms with Crippen LogP contribution in [0, 0.1) is 0 Å². The molecular formula is C30H34N4O3. The first-order valence-electron chi connectivity index (χ1n) is 12.7. The van der Waals surface area contributed by atoms with E-state index in [2.05, 4.69) is 41.1 Å². The molecule has 1 amide bonds. The molecule has 3 heterocycles. The van der Waals surface area contributed by atoms with Gasteiger partial charge in [0.15, 0.2) is 5.58 Å². The molecule has 0 atom stereocenters. The molecule has 1 aliphatic heterocycles. The van der Waals surface area contributed by atoms with E-state index in [0.717, 1.165) is 65.2 Å². The van der Waals surface area contributed by atoms with Crippen LogP contribution in [0.4, 0.5) is 16.2 Å². The number of likely N-dealkylation sites (N-methyl/N-ethyl adjacent to an activating group) is 1. The zero-order valence-corrected chi connectivity index (χ0v) is 22.2. The number of fused-ring (bicyclic) bond motifs is 1. The molecule has 1 saturated heterocycles. The summed E-state index contributed by atoms with van der Waals surface area (Å²) in [4.78, 5) is 23.6. The lowest BCUT2D eigenvalue weighted by Crippen LogP contribution is -2.44. The summed E-state index contributed by atoms with van der Waals surface area (Å²) in [7, 11) is 3.88. The Morgan fingerprint density at radius 1 is 0.973 bits per heavy atom. The maximum absolute atomic E-state index is 12.5. The van der Waals surface area contributed by atoms with Gasteiger partial charge in [0.25, 0.3) is 0 Å². The summed E-state index contributed by atoms with van der Waals surface area (Å²) in [5, 5.41) is 0. The molecule has 0 N–H and O–H groups in total. The van der Waals surface area contributed by atoms with Gasteiger partial charge < -0.3 is 19.0 Å². The molecule has 0 aliphatic carbocycles. The molecule has 0 spiro atoms. The molecule has 1 fully saturated rings. The second-order valence-electron chi connectivity index (χ2n) is 10.6. The first-order valence-corrected chi connectivity index (χ1v) is 12.7. The number of anilines is 2. The Kier molecular flexibility index (Phi) is 6.65. The number of nitrogens with zero attached hydrogens (tertiary/aromatic N) is 4. The van der Waals surface area contributed by atoms with Crippen LogP contribution in [0.1, 0.15) is 20.8 Å². The molecule has 0 bridgehead atoms. The van der Waals surface area contributed by atoms with E-state index in [4.69, 9.17) is 14.1 Å². The van der Waals surface area contributed by atoms with Crippen LogP contribution in [0.5, 0.6) is 0 Å². The number of piperazine rings is 1. The maximum atomic E-state index is 12.5. The number of hydrogen-bond donors (Lipinski definition) is 0. The molecule has 2 aromatic carbocycles. The highest BCUT2D eigenvalue weighted by molar-refractivity contribution is 5.94. The smallest absolute Gasteiger partial charge is 0.414 e. The van der Waals surface area contributed by atoms with Crippen molar-refractivity contribution in [3.05, 3.63) is 67.1 Å². The third-order valence-corrected chi connectivity index (χ3v) is 6.69. The number of amides is 1. The van der Waals surface area contributed by atoms with Crippen LogP contribution in [0.15, 0.2) is 71.5 Å². The molecule has 0 unspecified atom stereocenters. The van der Waals surface area contributed by atoms with Gasteiger partial charge in [0.05, 0.1) is 0 Å². The molecule has 0 saturated carbocycles. The van der Waals surface area contributed by atoms with E-state index in [1.165, 1.54) is 10.6 Å². The average molecular weight is 499 g/mol. The largest absolute Gasteiger partial charge is 0.462 e.